The predicted molar refractivity (Wildman–Crippen MR) is 46.0 cm³/mol. The molecule has 46 valence electrons. The molecule has 0 amide bonds. The summed E-state index contributed by atoms with van der Waals surface area (Å²) < 4.78 is 0. The molecule has 0 spiro atoms. The van der Waals surface area contributed by atoms with Crippen LogP contribution < -0.4 is 0 Å². The van der Waals surface area contributed by atoms with Gasteiger partial charge in [-0.25, -0.2) is 0 Å². The molecule has 0 aromatic heterocycles. The third-order valence-corrected chi connectivity index (χ3v) is 3.40. The maximum absolute atomic E-state index is 4.24. The molecule has 0 rings (SSSR count). The van der Waals surface area contributed by atoms with Crippen LogP contribution in [-0.2, 0) is 0 Å². The average molecular weight is 146 g/mol. The van der Waals surface area contributed by atoms with Crippen LogP contribution in [0.1, 0.15) is 26.7 Å². The van der Waals surface area contributed by atoms with Gasteiger partial charge in [-0.05, 0) is 0 Å². The third-order valence-electron chi connectivity index (χ3n) is 1.16. The fourth-order valence-electron chi connectivity index (χ4n) is 0.543. The Bertz CT molecular complexity index is 158. The molecule has 0 aliphatic heterocycles. The van der Waals surface area contributed by atoms with Crippen LogP contribution >= 0.6 is 17.1 Å². The van der Waals surface area contributed by atoms with E-state index in [9.17, 15) is 0 Å². The van der Waals surface area contributed by atoms with Crippen molar-refractivity contribution in [1.82, 2.24) is 0 Å². The zero-order valence-electron chi connectivity index (χ0n) is 5.55. The number of hydrogen-bond donors (Lipinski definition) is 0. The Labute approximate surface area is 56.3 Å². The van der Waals surface area contributed by atoms with Crippen LogP contribution in [-0.4, -0.2) is 12.0 Å². The normalized spacial score (nSPS) is 13.0. The Morgan fingerprint density at radius 1 is 1.75 bits per heavy atom. The van der Waals surface area contributed by atoms with Gasteiger partial charge in [0.2, 0.25) is 0 Å². The second kappa shape index (κ2) is 4.58. The summed E-state index contributed by atoms with van der Waals surface area (Å²) in [7, 11) is 4.33. The summed E-state index contributed by atoms with van der Waals surface area (Å²) >= 11 is 0. The molecule has 0 unspecified atom stereocenters. The van der Waals surface area contributed by atoms with Crippen molar-refractivity contribution < 1.29 is 0 Å². The van der Waals surface area contributed by atoms with Crippen molar-refractivity contribution in [2.45, 2.75) is 31.9 Å². The summed E-state index contributed by atoms with van der Waals surface area (Å²) in [5.74, 6) is 0. The molecule has 3 heteroatoms. The topological polar surface area (TPSA) is 0 Å². The number of rotatable bonds is 2. The summed E-state index contributed by atoms with van der Waals surface area (Å²) in [6.07, 6.45) is 2.51. The van der Waals surface area contributed by atoms with Crippen molar-refractivity contribution in [3.05, 3.63) is 0 Å². The Hall–Kier alpha value is 0.715. The van der Waals surface area contributed by atoms with Crippen LogP contribution in [0.25, 0.3) is 0 Å². The van der Waals surface area contributed by atoms with E-state index >= 15 is 0 Å². The Morgan fingerprint density at radius 3 is 2.38 bits per heavy atom. The van der Waals surface area contributed by atoms with Crippen LogP contribution in [0, 0.1) is 0 Å². The van der Waals surface area contributed by atoms with Crippen molar-refractivity contribution in [3.8, 4) is 0 Å². The predicted octanol–water partition coefficient (Wildman–Crippen LogP) is 2.59. The molecule has 0 N–H and O–H groups in total. The Kier molecular flexibility index (Phi) is 4.99. The van der Waals surface area contributed by atoms with Crippen LogP contribution in [0.2, 0.25) is 0 Å². The second-order valence-corrected chi connectivity index (χ2v) is 5.01. The molecule has 0 fully saturated rings. The molecule has 0 aliphatic carbocycles. The SMILES string of the molecule is B=S(#P)[C@H](C)CCC. The van der Waals surface area contributed by atoms with Crippen LogP contribution in [0.15, 0.2) is 0 Å². The van der Waals surface area contributed by atoms with Gasteiger partial charge in [0, 0.05) is 0 Å². The first-order valence-corrected chi connectivity index (χ1v) is 5.41. The van der Waals surface area contributed by atoms with E-state index in [1.165, 1.54) is 12.8 Å². The Balaban J connectivity index is 3.54. The summed E-state index contributed by atoms with van der Waals surface area (Å²) in [6.45, 7) is 8.24. The minimum absolute atomic E-state index is 0.0842. The molecule has 0 saturated heterocycles. The van der Waals surface area contributed by atoms with Crippen molar-refractivity contribution in [2.24, 2.45) is 0 Å². The van der Waals surface area contributed by atoms with Gasteiger partial charge in [0.05, 0.1) is 0 Å². The quantitative estimate of drug-likeness (QED) is 0.414. The van der Waals surface area contributed by atoms with Gasteiger partial charge in [0.1, 0.15) is 0 Å². The molecule has 0 bridgehead atoms. The molecule has 0 heterocycles. The molecule has 0 nitrogen and oxygen atoms in total. The van der Waals surface area contributed by atoms with Gasteiger partial charge in [0.15, 0.2) is 0 Å². The van der Waals surface area contributed by atoms with Crippen molar-refractivity contribution >= 4 is 23.8 Å². The molecular weight excluding hydrogens is 134 g/mol. The van der Waals surface area contributed by atoms with E-state index in [2.05, 4.69) is 28.4 Å². The molecule has 0 aromatic carbocycles. The monoisotopic (exact) mass is 146 g/mol. The summed E-state index contributed by atoms with van der Waals surface area (Å²) in [6, 6.07) is 0. The van der Waals surface area contributed by atoms with E-state index in [1.54, 1.807) is 0 Å². The number of hydrogen-bond acceptors (Lipinski definition) is 0. The van der Waals surface area contributed by atoms with Crippen LogP contribution in [0.5, 0.6) is 0 Å². The minimum atomic E-state index is 0.0842. The molecule has 0 radical (unpaired) electrons. The second-order valence-electron chi connectivity index (χ2n) is 2.00. The van der Waals surface area contributed by atoms with Gasteiger partial charge < -0.3 is 0 Å². The van der Waals surface area contributed by atoms with Crippen LogP contribution in [0.4, 0.5) is 0 Å². The van der Waals surface area contributed by atoms with E-state index in [-0.39, 0.29) is 9.30 Å². The van der Waals surface area contributed by atoms with Gasteiger partial charge in [-0.15, -0.1) is 0 Å². The van der Waals surface area contributed by atoms with E-state index in [1.807, 2.05) is 0 Å². The summed E-state index contributed by atoms with van der Waals surface area (Å²) in [5, 5.41) is 0.698. The first-order valence-electron chi connectivity index (χ1n) is 2.90. The fourth-order valence-corrected chi connectivity index (χ4v) is 1.37. The maximum atomic E-state index is 4.24. The van der Waals surface area contributed by atoms with Gasteiger partial charge in [-0.2, -0.15) is 0 Å². The molecule has 0 aliphatic rings. The van der Waals surface area contributed by atoms with Gasteiger partial charge >= 0.3 is 55.8 Å². The molecule has 0 aromatic rings. The molecule has 1 atom stereocenters. The van der Waals surface area contributed by atoms with Gasteiger partial charge in [-0.3, -0.25) is 0 Å². The van der Waals surface area contributed by atoms with Gasteiger partial charge in [0.25, 0.3) is 0 Å². The first-order chi connectivity index (χ1) is 3.68. The van der Waals surface area contributed by atoms with Crippen molar-refractivity contribution in [1.29, 1.82) is 0 Å². The summed E-state index contributed by atoms with van der Waals surface area (Å²) in [5.41, 5.74) is 0. The van der Waals surface area contributed by atoms with Crippen molar-refractivity contribution in [3.63, 3.8) is 0 Å². The molecule has 8 heavy (non-hydrogen) atoms. The zero-order valence-corrected chi connectivity index (χ0v) is 7.27. The standard InChI is InChI=1S/C5H12BPS/c1-3-4-5(2)8(6)7/h5-6H,3-4H2,1-2H3/t5-/m1/s1. The van der Waals surface area contributed by atoms with E-state index in [4.69, 9.17) is 0 Å². The zero-order chi connectivity index (χ0) is 6.57. The van der Waals surface area contributed by atoms with E-state index < -0.39 is 0 Å². The molecule has 0 saturated carbocycles. The van der Waals surface area contributed by atoms with E-state index in [0.29, 0.717) is 5.25 Å². The van der Waals surface area contributed by atoms with E-state index in [0.717, 1.165) is 0 Å². The molecular formula is C5H12BPS. The Morgan fingerprint density at radius 2 is 2.25 bits per heavy atom. The third kappa shape index (κ3) is 3.68. The van der Waals surface area contributed by atoms with Crippen LogP contribution in [0.3, 0.4) is 0 Å². The average Bonchev–Trinajstić information content (AvgIpc) is 1.67. The van der Waals surface area contributed by atoms with Gasteiger partial charge in [-0.1, -0.05) is 0 Å². The summed E-state index contributed by atoms with van der Waals surface area (Å²) in [4.78, 5) is 0. The van der Waals surface area contributed by atoms with Crippen molar-refractivity contribution in [2.75, 3.05) is 0 Å². The first kappa shape index (κ1) is 8.71. The fraction of sp³-hybridized carbons (Fsp3) is 1.00.